The van der Waals surface area contributed by atoms with Crippen LogP contribution in [0.15, 0.2) is 95.9 Å². The molecule has 0 aliphatic carbocycles. The molecular formula is C26H21FN4O4. The van der Waals surface area contributed by atoms with Crippen LogP contribution in [-0.4, -0.2) is 33.3 Å². The Morgan fingerprint density at radius 1 is 0.914 bits per heavy atom. The molecule has 4 N–H and O–H groups in total. The number of benzene rings is 3. The van der Waals surface area contributed by atoms with Gasteiger partial charge in [0.1, 0.15) is 11.9 Å². The van der Waals surface area contributed by atoms with E-state index in [4.69, 9.17) is 0 Å². The Bertz CT molecular complexity index is 1350. The van der Waals surface area contributed by atoms with Crippen molar-refractivity contribution in [2.45, 2.75) is 12.0 Å². The average molecular weight is 472 g/mol. The SMILES string of the molecule is O=C(O)N[C@H](C(=O)Nc1ccc(-c2cn[nH]c(=O)c2)c(F)c1)C(c1ccccc1)c1ccccc1. The average Bonchev–Trinajstić information content (AvgIpc) is 2.85. The van der Waals surface area contributed by atoms with Crippen LogP contribution in [0.3, 0.4) is 0 Å². The number of nitrogens with one attached hydrogen (secondary N) is 3. The number of aromatic nitrogens is 2. The first-order valence-electron chi connectivity index (χ1n) is 10.7. The lowest BCUT2D eigenvalue weighted by molar-refractivity contribution is -0.118. The van der Waals surface area contributed by atoms with Gasteiger partial charge in [-0.1, -0.05) is 60.7 Å². The van der Waals surface area contributed by atoms with Gasteiger partial charge in [0.25, 0.3) is 5.56 Å². The van der Waals surface area contributed by atoms with Crippen molar-refractivity contribution in [2.24, 2.45) is 0 Å². The van der Waals surface area contributed by atoms with E-state index in [-0.39, 0.29) is 16.8 Å². The van der Waals surface area contributed by atoms with Gasteiger partial charge in [-0.3, -0.25) is 9.59 Å². The molecule has 0 unspecified atom stereocenters. The number of halogens is 1. The van der Waals surface area contributed by atoms with E-state index in [1.54, 1.807) is 24.3 Å². The minimum absolute atomic E-state index is 0.131. The Labute approximate surface area is 199 Å². The van der Waals surface area contributed by atoms with Crippen molar-refractivity contribution >= 4 is 17.7 Å². The van der Waals surface area contributed by atoms with E-state index in [0.29, 0.717) is 0 Å². The fourth-order valence-corrected chi connectivity index (χ4v) is 3.90. The van der Waals surface area contributed by atoms with Gasteiger partial charge in [0.05, 0.1) is 6.20 Å². The van der Waals surface area contributed by atoms with Gasteiger partial charge in [0, 0.05) is 28.8 Å². The standard InChI is InChI=1S/C26H21FN4O4/c27-21-14-19(11-12-20(21)18-13-22(32)31-28-15-18)29-25(33)24(30-26(34)35)23(16-7-3-1-4-8-16)17-9-5-2-6-10-17/h1-15,23-24,30H,(H,29,33)(H,31,32)(H,34,35)/t24-/m0/s1. The summed E-state index contributed by atoms with van der Waals surface area (Å²) in [5.41, 5.74) is 1.53. The Balaban J connectivity index is 1.67. The first-order valence-corrected chi connectivity index (χ1v) is 10.7. The molecule has 35 heavy (non-hydrogen) atoms. The van der Waals surface area contributed by atoms with Gasteiger partial charge in [-0.25, -0.2) is 14.3 Å². The number of carbonyl (C=O) groups excluding carboxylic acids is 1. The van der Waals surface area contributed by atoms with Gasteiger partial charge in [-0.05, 0) is 29.3 Å². The van der Waals surface area contributed by atoms with Gasteiger partial charge in [-0.15, -0.1) is 0 Å². The predicted octanol–water partition coefficient (Wildman–Crippen LogP) is 3.98. The van der Waals surface area contributed by atoms with Crippen LogP contribution in [0.1, 0.15) is 17.0 Å². The van der Waals surface area contributed by atoms with Crippen molar-refractivity contribution in [1.29, 1.82) is 0 Å². The molecular weight excluding hydrogens is 451 g/mol. The third kappa shape index (κ3) is 5.59. The summed E-state index contributed by atoms with van der Waals surface area (Å²) in [7, 11) is 0. The lowest BCUT2D eigenvalue weighted by Gasteiger charge is -2.27. The van der Waals surface area contributed by atoms with Gasteiger partial charge in [0.15, 0.2) is 0 Å². The molecule has 0 radical (unpaired) electrons. The molecule has 0 spiro atoms. The fraction of sp³-hybridized carbons (Fsp3) is 0.0769. The maximum absolute atomic E-state index is 14.8. The normalized spacial score (nSPS) is 11.6. The van der Waals surface area contributed by atoms with Crippen molar-refractivity contribution in [3.05, 3.63) is 118 Å². The van der Waals surface area contributed by atoms with Crippen LogP contribution in [0.4, 0.5) is 14.9 Å². The molecule has 9 heteroatoms. The minimum Gasteiger partial charge on any atom is -0.465 e. The van der Waals surface area contributed by atoms with E-state index in [2.05, 4.69) is 20.8 Å². The zero-order chi connectivity index (χ0) is 24.8. The highest BCUT2D eigenvalue weighted by Gasteiger charge is 2.32. The maximum atomic E-state index is 14.8. The zero-order valence-corrected chi connectivity index (χ0v) is 18.3. The predicted molar refractivity (Wildman–Crippen MR) is 129 cm³/mol. The van der Waals surface area contributed by atoms with E-state index in [1.807, 2.05) is 36.4 Å². The monoisotopic (exact) mass is 472 g/mol. The molecule has 4 rings (SSSR count). The largest absolute Gasteiger partial charge is 0.465 e. The quantitative estimate of drug-likeness (QED) is 0.324. The number of amides is 2. The second-order valence-corrected chi connectivity index (χ2v) is 7.74. The summed E-state index contributed by atoms with van der Waals surface area (Å²) in [4.78, 5) is 36.5. The van der Waals surface area contributed by atoms with Gasteiger partial charge in [-0.2, -0.15) is 5.10 Å². The van der Waals surface area contributed by atoms with Crippen LogP contribution in [0, 0.1) is 5.82 Å². The van der Waals surface area contributed by atoms with Crippen molar-refractivity contribution in [3.8, 4) is 11.1 Å². The molecule has 0 aliphatic heterocycles. The first kappa shape index (κ1) is 23.4. The van der Waals surface area contributed by atoms with Crippen LogP contribution in [-0.2, 0) is 4.79 Å². The lowest BCUT2D eigenvalue weighted by atomic mass is 9.84. The maximum Gasteiger partial charge on any atom is 0.405 e. The zero-order valence-electron chi connectivity index (χ0n) is 18.3. The summed E-state index contributed by atoms with van der Waals surface area (Å²) in [6.45, 7) is 0. The van der Waals surface area contributed by atoms with Crippen molar-refractivity contribution in [2.75, 3.05) is 5.32 Å². The van der Waals surface area contributed by atoms with Crippen molar-refractivity contribution < 1.29 is 19.1 Å². The van der Waals surface area contributed by atoms with E-state index < -0.39 is 35.3 Å². The van der Waals surface area contributed by atoms with Crippen LogP contribution in [0.2, 0.25) is 0 Å². The van der Waals surface area contributed by atoms with Gasteiger partial charge < -0.3 is 15.7 Å². The van der Waals surface area contributed by atoms with Gasteiger partial charge >= 0.3 is 6.09 Å². The minimum atomic E-state index is -1.37. The van der Waals surface area contributed by atoms with E-state index in [1.165, 1.54) is 24.4 Å². The molecule has 8 nitrogen and oxygen atoms in total. The third-order valence-electron chi connectivity index (χ3n) is 5.42. The Kier molecular flexibility index (Phi) is 6.96. The number of aromatic amines is 1. The number of carboxylic acid groups (broad SMARTS) is 1. The van der Waals surface area contributed by atoms with Crippen molar-refractivity contribution in [3.63, 3.8) is 0 Å². The molecule has 2 amide bonds. The number of carbonyl (C=O) groups is 2. The Morgan fingerprint density at radius 2 is 1.54 bits per heavy atom. The van der Waals surface area contributed by atoms with Crippen LogP contribution in [0.25, 0.3) is 11.1 Å². The Morgan fingerprint density at radius 3 is 2.09 bits per heavy atom. The number of nitrogens with zero attached hydrogens (tertiary/aromatic N) is 1. The number of H-pyrrole nitrogens is 1. The topological polar surface area (TPSA) is 124 Å². The molecule has 1 aromatic heterocycles. The number of anilines is 1. The molecule has 0 aliphatic rings. The summed E-state index contributed by atoms with van der Waals surface area (Å²) in [5.74, 6) is -1.98. The fourth-order valence-electron chi connectivity index (χ4n) is 3.90. The molecule has 0 bridgehead atoms. The van der Waals surface area contributed by atoms with Crippen LogP contribution < -0.4 is 16.2 Å². The second kappa shape index (κ2) is 10.4. The number of hydrogen-bond donors (Lipinski definition) is 4. The number of rotatable bonds is 7. The van der Waals surface area contributed by atoms with Crippen molar-refractivity contribution in [1.82, 2.24) is 15.5 Å². The highest BCUT2D eigenvalue weighted by atomic mass is 19.1. The molecule has 0 fully saturated rings. The molecule has 176 valence electrons. The molecule has 1 heterocycles. The van der Waals surface area contributed by atoms with E-state index in [9.17, 15) is 23.9 Å². The van der Waals surface area contributed by atoms with E-state index >= 15 is 0 Å². The van der Waals surface area contributed by atoms with Crippen LogP contribution >= 0.6 is 0 Å². The van der Waals surface area contributed by atoms with Gasteiger partial charge in [0.2, 0.25) is 5.91 Å². The van der Waals surface area contributed by atoms with Crippen LogP contribution in [0.5, 0.6) is 0 Å². The second-order valence-electron chi connectivity index (χ2n) is 7.74. The first-order chi connectivity index (χ1) is 16.9. The highest BCUT2D eigenvalue weighted by Crippen LogP contribution is 2.30. The summed E-state index contributed by atoms with van der Waals surface area (Å²) in [6, 6.07) is 22.1. The molecule has 3 aromatic carbocycles. The summed E-state index contributed by atoms with van der Waals surface area (Å²) in [6.07, 6.45) is -0.0554. The highest BCUT2D eigenvalue weighted by molar-refractivity contribution is 5.97. The molecule has 0 saturated carbocycles. The molecule has 0 saturated heterocycles. The number of hydrogen-bond acceptors (Lipinski definition) is 4. The Hall–Kier alpha value is -4.79. The molecule has 1 atom stereocenters. The smallest absolute Gasteiger partial charge is 0.405 e. The summed E-state index contributed by atoms with van der Waals surface area (Å²) < 4.78 is 14.8. The third-order valence-corrected chi connectivity index (χ3v) is 5.42. The van der Waals surface area contributed by atoms with E-state index in [0.717, 1.165) is 17.2 Å². The molecule has 4 aromatic rings. The lowest BCUT2D eigenvalue weighted by Crippen LogP contribution is -2.47. The summed E-state index contributed by atoms with van der Waals surface area (Å²) in [5, 5.41) is 20.3. The summed E-state index contributed by atoms with van der Waals surface area (Å²) >= 11 is 0.